The highest BCUT2D eigenvalue weighted by Crippen LogP contribution is 2.27. The van der Waals surface area contributed by atoms with Crippen LogP contribution in [0.5, 0.6) is 0 Å². The molecule has 2 rings (SSSR count). The zero-order valence-electron chi connectivity index (χ0n) is 14.7. The molecule has 0 saturated heterocycles. The van der Waals surface area contributed by atoms with E-state index in [4.69, 9.17) is 11.6 Å². The van der Waals surface area contributed by atoms with Crippen molar-refractivity contribution in [3.05, 3.63) is 64.2 Å². The number of halogens is 1. The van der Waals surface area contributed by atoms with Gasteiger partial charge < -0.3 is 10.6 Å². The Morgan fingerprint density at radius 1 is 1.08 bits per heavy atom. The normalized spacial score (nSPS) is 10.6. The molecule has 0 aliphatic heterocycles. The van der Waals surface area contributed by atoms with E-state index >= 15 is 0 Å². The highest BCUT2D eigenvalue weighted by atomic mass is 35.5. The number of nitrogens with one attached hydrogen (secondary N) is 2. The molecule has 0 aliphatic rings. The minimum Gasteiger partial charge on any atom is -0.347 e. The summed E-state index contributed by atoms with van der Waals surface area (Å²) in [6.07, 6.45) is 0.612. The standard InChI is InChI=1S/C20H23ClN2O2/c1-13(2)17-9-4-6-14(3)18(17)23-20(25)19(24)22-11-10-15-7-5-8-16(21)12-15/h4-9,12-13H,10-11H2,1-3H3,(H,22,24)(H,23,25). The van der Waals surface area contributed by atoms with Gasteiger partial charge in [-0.15, -0.1) is 0 Å². The quantitative estimate of drug-likeness (QED) is 0.791. The molecule has 0 spiro atoms. The monoisotopic (exact) mass is 358 g/mol. The summed E-state index contributed by atoms with van der Waals surface area (Å²) in [4.78, 5) is 24.2. The number of amides is 2. The molecule has 2 aromatic carbocycles. The Kier molecular flexibility index (Phi) is 6.59. The second-order valence-electron chi connectivity index (χ2n) is 6.28. The van der Waals surface area contributed by atoms with Gasteiger partial charge in [-0.25, -0.2) is 0 Å². The predicted octanol–water partition coefficient (Wildman–Crippen LogP) is 4.07. The van der Waals surface area contributed by atoms with Crippen LogP contribution < -0.4 is 10.6 Å². The topological polar surface area (TPSA) is 58.2 Å². The van der Waals surface area contributed by atoms with E-state index in [9.17, 15) is 9.59 Å². The van der Waals surface area contributed by atoms with E-state index in [-0.39, 0.29) is 5.92 Å². The van der Waals surface area contributed by atoms with Gasteiger partial charge in [0.25, 0.3) is 0 Å². The highest BCUT2D eigenvalue weighted by Gasteiger charge is 2.17. The van der Waals surface area contributed by atoms with Gasteiger partial charge in [-0.2, -0.15) is 0 Å². The molecule has 0 unspecified atom stereocenters. The molecule has 0 bridgehead atoms. The number of aryl methyl sites for hydroxylation is 1. The lowest BCUT2D eigenvalue weighted by atomic mass is 9.98. The first-order valence-corrected chi connectivity index (χ1v) is 8.69. The van der Waals surface area contributed by atoms with Crippen LogP contribution >= 0.6 is 11.6 Å². The second-order valence-corrected chi connectivity index (χ2v) is 6.72. The molecule has 132 valence electrons. The summed E-state index contributed by atoms with van der Waals surface area (Å²) in [6.45, 7) is 6.39. The van der Waals surface area contributed by atoms with E-state index in [1.54, 1.807) is 6.07 Å². The predicted molar refractivity (Wildman–Crippen MR) is 102 cm³/mol. The average molecular weight is 359 g/mol. The maximum absolute atomic E-state index is 12.2. The number of carbonyl (C=O) groups is 2. The van der Waals surface area contributed by atoms with Gasteiger partial charge in [0.2, 0.25) is 0 Å². The van der Waals surface area contributed by atoms with Crippen molar-refractivity contribution in [3.8, 4) is 0 Å². The van der Waals surface area contributed by atoms with Crippen LogP contribution in [0.4, 0.5) is 5.69 Å². The molecule has 2 amide bonds. The number of hydrogen-bond donors (Lipinski definition) is 2. The third-order valence-electron chi connectivity index (χ3n) is 3.96. The second kappa shape index (κ2) is 8.67. The van der Waals surface area contributed by atoms with Crippen molar-refractivity contribution in [2.75, 3.05) is 11.9 Å². The van der Waals surface area contributed by atoms with Crippen LogP contribution in [-0.4, -0.2) is 18.4 Å². The van der Waals surface area contributed by atoms with E-state index < -0.39 is 11.8 Å². The smallest absolute Gasteiger partial charge is 0.313 e. The molecule has 2 aromatic rings. The van der Waals surface area contributed by atoms with E-state index in [0.717, 1.165) is 16.7 Å². The summed E-state index contributed by atoms with van der Waals surface area (Å²) in [5.41, 5.74) is 3.67. The Balaban J connectivity index is 1.94. The molecule has 0 atom stereocenters. The summed E-state index contributed by atoms with van der Waals surface area (Å²) >= 11 is 5.93. The number of rotatable bonds is 5. The van der Waals surface area contributed by atoms with Crippen molar-refractivity contribution < 1.29 is 9.59 Å². The van der Waals surface area contributed by atoms with Crippen molar-refractivity contribution >= 4 is 29.1 Å². The Morgan fingerprint density at radius 3 is 2.48 bits per heavy atom. The van der Waals surface area contributed by atoms with Crippen LogP contribution in [0.25, 0.3) is 0 Å². The molecule has 4 nitrogen and oxygen atoms in total. The first-order chi connectivity index (χ1) is 11.9. The lowest BCUT2D eigenvalue weighted by Crippen LogP contribution is -2.36. The fourth-order valence-electron chi connectivity index (χ4n) is 2.61. The lowest BCUT2D eigenvalue weighted by molar-refractivity contribution is -0.136. The van der Waals surface area contributed by atoms with Crippen molar-refractivity contribution in [3.63, 3.8) is 0 Å². The van der Waals surface area contributed by atoms with Crippen LogP contribution in [0.2, 0.25) is 5.02 Å². The third kappa shape index (κ3) is 5.33. The Labute approximate surface area is 153 Å². The summed E-state index contributed by atoms with van der Waals surface area (Å²) < 4.78 is 0. The molecule has 0 saturated carbocycles. The number of anilines is 1. The summed E-state index contributed by atoms with van der Waals surface area (Å²) in [7, 11) is 0. The van der Waals surface area contributed by atoms with Crippen molar-refractivity contribution in [1.82, 2.24) is 5.32 Å². The van der Waals surface area contributed by atoms with Gasteiger partial charge in [-0.05, 0) is 48.1 Å². The lowest BCUT2D eigenvalue weighted by Gasteiger charge is -2.16. The first-order valence-electron chi connectivity index (χ1n) is 8.31. The minimum atomic E-state index is -0.651. The summed E-state index contributed by atoms with van der Waals surface area (Å²) in [5, 5.41) is 6.05. The van der Waals surface area contributed by atoms with Gasteiger partial charge in [0.05, 0.1) is 0 Å². The van der Waals surface area contributed by atoms with Crippen LogP contribution in [0, 0.1) is 6.92 Å². The third-order valence-corrected chi connectivity index (χ3v) is 4.20. The SMILES string of the molecule is Cc1cccc(C(C)C)c1NC(=O)C(=O)NCCc1cccc(Cl)c1. The molecule has 0 aromatic heterocycles. The fraction of sp³-hybridized carbons (Fsp3) is 0.300. The van der Waals surface area contributed by atoms with Crippen molar-refractivity contribution in [2.45, 2.75) is 33.1 Å². The molecular formula is C20H23ClN2O2. The van der Waals surface area contributed by atoms with E-state index in [1.165, 1.54) is 0 Å². The molecular weight excluding hydrogens is 336 g/mol. The van der Waals surface area contributed by atoms with Crippen LogP contribution in [0.3, 0.4) is 0 Å². The zero-order valence-corrected chi connectivity index (χ0v) is 15.5. The largest absolute Gasteiger partial charge is 0.347 e. The fourth-order valence-corrected chi connectivity index (χ4v) is 2.82. The van der Waals surface area contributed by atoms with Crippen molar-refractivity contribution in [1.29, 1.82) is 0 Å². The molecule has 0 heterocycles. The van der Waals surface area contributed by atoms with Crippen LogP contribution in [0.15, 0.2) is 42.5 Å². The molecule has 0 aliphatic carbocycles. The Hall–Kier alpha value is -2.33. The van der Waals surface area contributed by atoms with Gasteiger partial charge in [0.1, 0.15) is 0 Å². The molecule has 5 heteroatoms. The number of carbonyl (C=O) groups excluding carboxylic acids is 2. The maximum atomic E-state index is 12.2. The zero-order chi connectivity index (χ0) is 18.4. The first kappa shape index (κ1) is 19.0. The number of benzene rings is 2. The van der Waals surface area contributed by atoms with Gasteiger partial charge in [0.15, 0.2) is 0 Å². The minimum absolute atomic E-state index is 0.251. The molecule has 25 heavy (non-hydrogen) atoms. The van der Waals surface area contributed by atoms with Gasteiger partial charge in [-0.3, -0.25) is 9.59 Å². The average Bonchev–Trinajstić information content (AvgIpc) is 2.56. The number of para-hydroxylation sites is 1. The Morgan fingerprint density at radius 2 is 1.80 bits per heavy atom. The van der Waals surface area contributed by atoms with Crippen LogP contribution in [0.1, 0.15) is 36.5 Å². The van der Waals surface area contributed by atoms with Gasteiger partial charge in [0, 0.05) is 17.3 Å². The highest BCUT2D eigenvalue weighted by molar-refractivity contribution is 6.39. The summed E-state index contributed by atoms with van der Waals surface area (Å²) in [6, 6.07) is 13.3. The van der Waals surface area contributed by atoms with Crippen LogP contribution in [-0.2, 0) is 16.0 Å². The number of hydrogen-bond acceptors (Lipinski definition) is 2. The summed E-state index contributed by atoms with van der Waals surface area (Å²) in [5.74, 6) is -1.04. The van der Waals surface area contributed by atoms with Gasteiger partial charge >= 0.3 is 11.8 Å². The molecule has 0 fully saturated rings. The molecule has 0 radical (unpaired) electrons. The van der Waals surface area contributed by atoms with E-state index in [0.29, 0.717) is 23.7 Å². The Bertz CT molecular complexity index is 772. The van der Waals surface area contributed by atoms with E-state index in [1.807, 2.05) is 43.3 Å². The maximum Gasteiger partial charge on any atom is 0.313 e. The van der Waals surface area contributed by atoms with Gasteiger partial charge in [-0.1, -0.05) is 55.8 Å². The van der Waals surface area contributed by atoms with Crippen molar-refractivity contribution in [2.24, 2.45) is 0 Å². The van der Waals surface area contributed by atoms with E-state index in [2.05, 4.69) is 24.5 Å². The molecule has 2 N–H and O–H groups in total.